The van der Waals surface area contributed by atoms with Gasteiger partial charge in [0.1, 0.15) is 0 Å². The van der Waals surface area contributed by atoms with Crippen LogP contribution in [0, 0.1) is 11.3 Å². The second kappa shape index (κ2) is 6.82. The van der Waals surface area contributed by atoms with Gasteiger partial charge in [-0.25, -0.2) is 0 Å². The Morgan fingerprint density at radius 3 is 2.59 bits per heavy atom. The summed E-state index contributed by atoms with van der Waals surface area (Å²) in [5, 5.41) is 3.24. The molecule has 2 atom stereocenters. The van der Waals surface area contributed by atoms with Crippen LogP contribution in [0.1, 0.15) is 50.5 Å². The molecule has 3 nitrogen and oxygen atoms in total. The predicted octanol–water partition coefficient (Wildman–Crippen LogP) is 3.03. The topological polar surface area (TPSA) is 55.1 Å². The summed E-state index contributed by atoms with van der Waals surface area (Å²) in [5.41, 5.74) is 7.68. The van der Waals surface area contributed by atoms with Crippen LogP contribution < -0.4 is 11.1 Å². The number of carbonyl (C=O) groups excluding carboxylic acids is 1. The zero-order valence-electron chi connectivity index (χ0n) is 13.4. The van der Waals surface area contributed by atoms with Gasteiger partial charge in [-0.1, -0.05) is 43.2 Å². The van der Waals surface area contributed by atoms with Crippen LogP contribution in [0.2, 0.25) is 0 Å². The fourth-order valence-corrected chi connectivity index (χ4v) is 4.01. The number of nitrogens with one attached hydrogen (secondary N) is 1. The lowest BCUT2D eigenvalue weighted by molar-refractivity contribution is -0.127. The van der Waals surface area contributed by atoms with E-state index in [1.807, 2.05) is 0 Å². The number of nitrogens with two attached hydrogens (primary N) is 1. The highest BCUT2D eigenvalue weighted by Crippen LogP contribution is 2.43. The van der Waals surface area contributed by atoms with E-state index >= 15 is 0 Å². The maximum absolute atomic E-state index is 12.4. The first-order valence-corrected chi connectivity index (χ1v) is 8.74. The SMILES string of the molecule is NC1CCCC(C(=O)NCC2(Cc3ccccc3)CCC2)C1. The lowest BCUT2D eigenvalue weighted by Gasteiger charge is -2.42. The van der Waals surface area contributed by atoms with Crippen LogP contribution in [-0.2, 0) is 11.2 Å². The van der Waals surface area contributed by atoms with Gasteiger partial charge in [0.15, 0.2) is 0 Å². The molecule has 22 heavy (non-hydrogen) atoms. The second-order valence-electron chi connectivity index (χ2n) is 7.36. The maximum Gasteiger partial charge on any atom is 0.223 e. The van der Waals surface area contributed by atoms with Gasteiger partial charge in [-0.15, -0.1) is 0 Å². The number of carbonyl (C=O) groups is 1. The molecule has 1 aromatic carbocycles. The first-order valence-electron chi connectivity index (χ1n) is 8.74. The number of rotatable bonds is 5. The van der Waals surface area contributed by atoms with Crippen LogP contribution in [0.25, 0.3) is 0 Å². The minimum Gasteiger partial charge on any atom is -0.355 e. The van der Waals surface area contributed by atoms with E-state index in [4.69, 9.17) is 5.73 Å². The molecule has 1 aromatic rings. The molecule has 0 aromatic heterocycles. The molecule has 0 spiro atoms. The van der Waals surface area contributed by atoms with Gasteiger partial charge in [0.2, 0.25) is 5.91 Å². The summed E-state index contributed by atoms with van der Waals surface area (Å²) in [6, 6.07) is 10.9. The Balaban J connectivity index is 1.53. The smallest absolute Gasteiger partial charge is 0.223 e. The Morgan fingerprint density at radius 1 is 1.18 bits per heavy atom. The molecule has 2 unspecified atom stereocenters. The third-order valence-corrected chi connectivity index (χ3v) is 5.56. The van der Waals surface area contributed by atoms with Gasteiger partial charge in [0.25, 0.3) is 0 Å². The molecule has 120 valence electrons. The van der Waals surface area contributed by atoms with Crippen molar-refractivity contribution in [1.29, 1.82) is 0 Å². The van der Waals surface area contributed by atoms with Crippen molar-refractivity contribution < 1.29 is 4.79 Å². The summed E-state index contributed by atoms with van der Waals surface area (Å²) in [5.74, 6) is 0.368. The molecule has 1 amide bonds. The summed E-state index contributed by atoms with van der Waals surface area (Å²) in [6.07, 6.45) is 8.85. The van der Waals surface area contributed by atoms with Crippen molar-refractivity contribution in [3.63, 3.8) is 0 Å². The van der Waals surface area contributed by atoms with E-state index in [9.17, 15) is 4.79 Å². The molecule has 0 aliphatic heterocycles. The molecule has 3 rings (SSSR count). The monoisotopic (exact) mass is 300 g/mol. The molecule has 0 heterocycles. The molecule has 2 aliphatic rings. The Labute approximate surface area is 133 Å². The molecule has 0 radical (unpaired) electrons. The summed E-state index contributed by atoms with van der Waals surface area (Å²) in [6.45, 7) is 0.826. The summed E-state index contributed by atoms with van der Waals surface area (Å²) in [4.78, 5) is 12.4. The van der Waals surface area contributed by atoms with Crippen LogP contribution in [0.15, 0.2) is 30.3 Å². The zero-order chi connectivity index (χ0) is 15.4. The van der Waals surface area contributed by atoms with E-state index in [2.05, 4.69) is 35.6 Å². The maximum atomic E-state index is 12.4. The molecule has 2 fully saturated rings. The highest BCUT2D eigenvalue weighted by Gasteiger charge is 2.37. The normalized spacial score (nSPS) is 27.0. The molecule has 3 N–H and O–H groups in total. The zero-order valence-corrected chi connectivity index (χ0v) is 13.4. The van der Waals surface area contributed by atoms with Gasteiger partial charge in [0, 0.05) is 18.5 Å². The predicted molar refractivity (Wildman–Crippen MR) is 89.4 cm³/mol. The second-order valence-corrected chi connectivity index (χ2v) is 7.36. The molecular formula is C19H28N2O. The van der Waals surface area contributed by atoms with E-state index in [0.717, 1.165) is 38.6 Å². The van der Waals surface area contributed by atoms with Gasteiger partial charge < -0.3 is 11.1 Å². The lowest BCUT2D eigenvalue weighted by Crippen LogP contribution is -2.46. The lowest BCUT2D eigenvalue weighted by atomic mass is 9.65. The van der Waals surface area contributed by atoms with Crippen molar-refractivity contribution in [2.45, 2.75) is 57.4 Å². The van der Waals surface area contributed by atoms with Crippen LogP contribution in [0.5, 0.6) is 0 Å². The van der Waals surface area contributed by atoms with Crippen LogP contribution >= 0.6 is 0 Å². The van der Waals surface area contributed by atoms with Crippen molar-refractivity contribution in [2.24, 2.45) is 17.1 Å². The van der Waals surface area contributed by atoms with Crippen molar-refractivity contribution in [3.05, 3.63) is 35.9 Å². The van der Waals surface area contributed by atoms with Gasteiger partial charge in [-0.05, 0) is 49.5 Å². The van der Waals surface area contributed by atoms with Gasteiger partial charge >= 0.3 is 0 Å². The molecule has 0 bridgehead atoms. The highest BCUT2D eigenvalue weighted by molar-refractivity contribution is 5.78. The summed E-state index contributed by atoms with van der Waals surface area (Å²) >= 11 is 0. The van der Waals surface area contributed by atoms with E-state index in [0.29, 0.717) is 0 Å². The van der Waals surface area contributed by atoms with E-state index in [1.54, 1.807) is 0 Å². The third kappa shape index (κ3) is 3.70. The van der Waals surface area contributed by atoms with E-state index in [1.165, 1.54) is 24.8 Å². The number of hydrogen-bond donors (Lipinski definition) is 2. The quantitative estimate of drug-likeness (QED) is 0.878. The van der Waals surface area contributed by atoms with Crippen molar-refractivity contribution in [2.75, 3.05) is 6.54 Å². The highest BCUT2D eigenvalue weighted by atomic mass is 16.1. The molecule has 2 aliphatic carbocycles. The van der Waals surface area contributed by atoms with Crippen LogP contribution in [-0.4, -0.2) is 18.5 Å². The van der Waals surface area contributed by atoms with Crippen LogP contribution in [0.4, 0.5) is 0 Å². The summed E-state index contributed by atoms with van der Waals surface area (Å²) < 4.78 is 0. The number of amides is 1. The number of hydrogen-bond acceptors (Lipinski definition) is 2. The van der Waals surface area contributed by atoms with Gasteiger partial charge in [0.05, 0.1) is 0 Å². The third-order valence-electron chi connectivity index (χ3n) is 5.56. The molecule has 3 heteroatoms. The molecule has 2 saturated carbocycles. The molecule has 0 saturated heterocycles. The average molecular weight is 300 g/mol. The molecular weight excluding hydrogens is 272 g/mol. The van der Waals surface area contributed by atoms with Gasteiger partial charge in [-0.3, -0.25) is 4.79 Å². The van der Waals surface area contributed by atoms with E-state index in [-0.39, 0.29) is 23.3 Å². The fourth-order valence-electron chi connectivity index (χ4n) is 4.01. The first kappa shape index (κ1) is 15.5. The number of benzene rings is 1. The Morgan fingerprint density at radius 2 is 1.95 bits per heavy atom. The first-order chi connectivity index (χ1) is 10.7. The standard InChI is InChI=1S/C19H28N2O/c20-17-9-4-8-16(12-17)18(22)21-14-19(10-5-11-19)13-15-6-2-1-3-7-15/h1-3,6-7,16-17H,4-5,8-14,20H2,(H,21,22). The summed E-state index contributed by atoms with van der Waals surface area (Å²) in [7, 11) is 0. The minimum absolute atomic E-state index is 0.137. The fraction of sp³-hybridized carbons (Fsp3) is 0.632. The van der Waals surface area contributed by atoms with Crippen LogP contribution in [0.3, 0.4) is 0 Å². The Bertz CT molecular complexity index is 495. The minimum atomic E-state index is 0.137. The van der Waals surface area contributed by atoms with E-state index < -0.39 is 0 Å². The Hall–Kier alpha value is -1.35. The van der Waals surface area contributed by atoms with Gasteiger partial charge in [-0.2, -0.15) is 0 Å². The largest absolute Gasteiger partial charge is 0.355 e. The van der Waals surface area contributed by atoms with Crippen molar-refractivity contribution in [3.8, 4) is 0 Å². The van der Waals surface area contributed by atoms with Crippen molar-refractivity contribution >= 4 is 5.91 Å². The average Bonchev–Trinajstić information content (AvgIpc) is 2.50. The Kier molecular flexibility index (Phi) is 4.82. The van der Waals surface area contributed by atoms with Crippen molar-refractivity contribution in [1.82, 2.24) is 5.32 Å².